The fraction of sp³-hybridized carbons (Fsp3) is 0.163. The number of aliphatic hydroxyl groups excluding tert-OH is 1. The lowest BCUT2D eigenvalue weighted by molar-refractivity contribution is -0.149. The molecule has 0 radical (unpaired) electrons. The molecule has 6 aromatic rings. The first-order valence-electron chi connectivity index (χ1n) is 16.7. The molecule has 5 aromatic carbocycles. The van der Waals surface area contributed by atoms with Crippen molar-refractivity contribution in [2.75, 3.05) is 0 Å². The smallest absolute Gasteiger partial charge is 0.310 e. The van der Waals surface area contributed by atoms with E-state index < -0.39 is 41.1 Å². The molecule has 0 aliphatic rings. The number of carboxylic acids is 1. The van der Waals surface area contributed by atoms with Gasteiger partial charge in [0.1, 0.15) is 23.1 Å². The maximum atomic E-state index is 14.1. The van der Waals surface area contributed by atoms with Crippen LogP contribution in [0.1, 0.15) is 48.2 Å². The fourth-order valence-electron chi connectivity index (χ4n) is 6.76. The molecule has 0 bridgehead atoms. The van der Waals surface area contributed by atoms with Crippen LogP contribution in [-0.2, 0) is 10.4 Å². The minimum absolute atomic E-state index is 0.145. The van der Waals surface area contributed by atoms with Gasteiger partial charge in [0.05, 0.1) is 23.4 Å². The second-order valence-corrected chi connectivity index (χ2v) is 12.8. The highest BCUT2D eigenvalue weighted by Crippen LogP contribution is 2.48. The topological polar surface area (TPSA) is 95.6 Å². The van der Waals surface area contributed by atoms with Crippen LogP contribution in [0.2, 0.25) is 0 Å². The van der Waals surface area contributed by atoms with Crippen LogP contribution < -0.4 is 0 Å². The van der Waals surface area contributed by atoms with E-state index in [1.807, 2.05) is 26.0 Å². The summed E-state index contributed by atoms with van der Waals surface area (Å²) < 4.78 is 29.8. The Kier molecular flexibility index (Phi) is 10.4. The fourth-order valence-corrected chi connectivity index (χ4v) is 6.76. The van der Waals surface area contributed by atoms with Gasteiger partial charge in [0.2, 0.25) is 0 Å². The number of hydrogen-bond donors (Lipinski definition) is 3. The Morgan fingerprint density at radius 2 is 1.20 bits per heavy atom. The molecule has 3 atom stereocenters. The molecule has 6 rings (SSSR count). The van der Waals surface area contributed by atoms with E-state index >= 15 is 0 Å². The monoisotopic (exact) mass is 684 g/mol. The van der Waals surface area contributed by atoms with Gasteiger partial charge in [-0.25, -0.2) is 13.8 Å². The highest BCUT2D eigenvalue weighted by molar-refractivity contribution is 5.81. The first-order chi connectivity index (χ1) is 24.6. The van der Waals surface area contributed by atoms with Gasteiger partial charge < -0.3 is 19.9 Å². The van der Waals surface area contributed by atoms with Gasteiger partial charge in [-0.05, 0) is 71.3 Å². The van der Waals surface area contributed by atoms with Crippen molar-refractivity contribution < 1.29 is 28.9 Å². The van der Waals surface area contributed by atoms with Crippen molar-refractivity contribution in [1.82, 2.24) is 9.55 Å². The molecule has 51 heavy (non-hydrogen) atoms. The summed E-state index contributed by atoms with van der Waals surface area (Å²) in [6, 6.07) is 38.3. The van der Waals surface area contributed by atoms with Crippen LogP contribution in [0.25, 0.3) is 28.7 Å². The van der Waals surface area contributed by atoms with Gasteiger partial charge in [0.15, 0.2) is 0 Å². The van der Waals surface area contributed by atoms with Gasteiger partial charge in [-0.3, -0.25) is 4.79 Å². The van der Waals surface area contributed by atoms with Crippen molar-refractivity contribution in [1.29, 1.82) is 0 Å². The Morgan fingerprint density at radius 3 is 1.67 bits per heavy atom. The zero-order valence-corrected chi connectivity index (χ0v) is 28.1. The number of halogens is 2. The molecule has 0 saturated heterocycles. The molecule has 0 aliphatic heterocycles. The molecule has 1 unspecified atom stereocenters. The predicted molar refractivity (Wildman–Crippen MR) is 195 cm³/mol. The zero-order valence-electron chi connectivity index (χ0n) is 28.1. The maximum absolute atomic E-state index is 14.1. The summed E-state index contributed by atoms with van der Waals surface area (Å²) in [5.74, 6) is -4.43. The first-order valence-corrected chi connectivity index (χ1v) is 16.7. The molecule has 0 saturated carbocycles. The first kappa shape index (κ1) is 35.1. The lowest BCUT2D eigenvalue weighted by Crippen LogP contribution is -2.45. The quantitative estimate of drug-likeness (QED) is 0.120. The van der Waals surface area contributed by atoms with E-state index in [2.05, 4.69) is 0 Å². The summed E-state index contributed by atoms with van der Waals surface area (Å²) in [7, 11) is 0. The summed E-state index contributed by atoms with van der Waals surface area (Å²) in [5.41, 5.74) is 1.84. The van der Waals surface area contributed by atoms with Gasteiger partial charge >= 0.3 is 5.97 Å². The molecular weight excluding hydrogens is 646 g/mol. The molecule has 1 heterocycles. The molecule has 1 aromatic heterocycles. The zero-order chi connectivity index (χ0) is 36.1. The Balaban J connectivity index is 1.54. The number of nitrogens with zero attached hydrogens (tertiary/aromatic N) is 2. The van der Waals surface area contributed by atoms with Gasteiger partial charge in [-0.2, -0.15) is 0 Å². The van der Waals surface area contributed by atoms with Crippen LogP contribution in [0.4, 0.5) is 8.78 Å². The molecule has 3 N–H and O–H groups in total. The van der Waals surface area contributed by atoms with Crippen LogP contribution >= 0.6 is 0 Å². The molecule has 0 spiro atoms. The van der Waals surface area contributed by atoms with Gasteiger partial charge in [-0.15, -0.1) is 0 Å². The van der Waals surface area contributed by atoms with E-state index in [0.29, 0.717) is 45.0 Å². The lowest BCUT2D eigenvalue weighted by Gasteiger charge is -2.41. The third-order valence-corrected chi connectivity index (χ3v) is 9.17. The normalized spacial score (nSPS) is 13.7. The average Bonchev–Trinajstić information content (AvgIpc) is 3.54. The van der Waals surface area contributed by atoms with Gasteiger partial charge in [0, 0.05) is 29.2 Å². The van der Waals surface area contributed by atoms with Crippen molar-refractivity contribution in [2.24, 2.45) is 5.92 Å². The minimum atomic E-state index is -1.88. The molecule has 0 aliphatic carbocycles. The van der Waals surface area contributed by atoms with Gasteiger partial charge in [0.25, 0.3) is 0 Å². The molecule has 258 valence electrons. The highest BCUT2D eigenvalue weighted by Gasteiger charge is 2.49. The van der Waals surface area contributed by atoms with Crippen LogP contribution in [0.3, 0.4) is 0 Å². The van der Waals surface area contributed by atoms with E-state index in [1.54, 1.807) is 114 Å². The second kappa shape index (κ2) is 15.0. The Morgan fingerprint density at radius 1 is 0.725 bits per heavy atom. The summed E-state index contributed by atoms with van der Waals surface area (Å²) in [5, 5.41) is 35.9. The lowest BCUT2D eigenvalue weighted by atomic mass is 9.66. The SMILES string of the molecule is CC(C)c1nc(-c2ccc(F)cc2)c(-c2ccc(F)cc2)n1/C=C/[C@H](O)[C@@H](C(=O)O)C(c1ccccc1)C(O)(c1ccccc1)c1ccccc1. The van der Waals surface area contributed by atoms with Crippen molar-refractivity contribution in [3.05, 3.63) is 180 Å². The van der Waals surface area contributed by atoms with Gasteiger partial charge in [-0.1, -0.05) is 105 Å². The summed E-state index contributed by atoms with van der Waals surface area (Å²) in [6.07, 6.45) is 1.34. The van der Waals surface area contributed by atoms with Crippen molar-refractivity contribution in [2.45, 2.75) is 37.4 Å². The number of imidazole rings is 1. The number of carboxylic acid groups (broad SMARTS) is 1. The molecule has 0 amide bonds. The number of hydrogen-bond acceptors (Lipinski definition) is 4. The minimum Gasteiger partial charge on any atom is -0.481 e. The highest BCUT2D eigenvalue weighted by atomic mass is 19.1. The number of benzene rings is 5. The van der Waals surface area contributed by atoms with E-state index in [9.17, 15) is 28.9 Å². The molecule has 6 nitrogen and oxygen atoms in total. The molecule has 0 fully saturated rings. The number of aliphatic hydroxyl groups is 2. The third kappa shape index (κ3) is 7.15. The predicted octanol–water partition coefficient (Wildman–Crippen LogP) is 8.87. The van der Waals surface area contributed by atoms with Crippen LogP contribution in [0, 0.1) is 17.6 Å². The number of rotatable bonds is 12. The summed E-state index contributed by atoms with van der Waals surface area (Å²) in [4.78, 5) is 18.3. The number of aliphatic carboxylic acids is 1. The Labute approximate surface area is 295 Å². The van der Waals surface area contributed by atoms with E-state index in [4.69, 9.17) is 4.98 Å². The maximum Gasteiger partial charge on any atom is 0.310 e. The molecule has 8 heteroatoms. The number of aromatic nitrogens is 2. The Bertz CT molecular complexity index is 2060. The standard InChI is InChI=1S/C43H38F2N2O4/c1-28(2)41-46-39(30-18-22-34(44)23-19-30)40(31-20-24-35(45)25-21-31)47(41)27-26-36(48)37(42(49)50)38(29-12-6-3-7-13-29)43(51,32-14-8-4-9-15-32)33-16-10-5-11-17-33/h3-28,36-38,48,51H,1-2H3,(H,49,50)/b27-26+/t36-,37+,38?/m0/s1. The second-order valence-electron chi connectivity index (χ2n) is 12.8. The van der Waals surface area contributed by atoms with E-state index in [-0.39, 0.29) is 5.92 Å². The summed E-state index contributed by atoms with van der Waals surface area (Å²) in [6.45, 7) is 3.88. The van der Waals surface area contributed by atoms with Crippen molar-refractivity contribution in [3.63, 3.8) is 0 Å². The summed E-state index contributed by atoms with van der Waals surface area (Å²) >= 11 is 0. The van der Waals surface area contributed by atoms with Crippen LogP contribution in [-0.4, -0.2) is 36.9 Å². The largest absolute Gasteiger partial charge is 0.481 e. The van der Waals surface area contributed by atoms with Crippen molar-refractivity contribution >= 4 is 12.2 Å². The van der Waals surface area contributed by atoms with Crippen LogP contribution in [0.5, 0.6) is 0 Å². The van der Waals surface area contributed by atoms with Crippen molar-refractivity contribution in [3.8, 4) is 22.5 Å². The van der Waals surface area contributed by atoms with Crippen LogP contribution in [0.15, 0.2) is 146 Å². The Hall–Kier alpha value is -5.70. The number of carbonyl (C=O) groups is 1. The van der Waals surface area contributed by atoms with E-state index in [1.165, 1.54) is 30.3 Å². The third-order valence-electron chi connectivity index (χ3n) is 9.17. The molecular formula is C43H38F2N2O4. The van der Waals surface area contributed by atoms with E-state index in [0.717, 1.165) is 0 Å². The average molecular weight is 685 g/mol.